The van der Waals surface area contributed by atoms with E-state index in [9.17, 15) is 9.59 Å². The summed E-state index contributed by atoms with van der Waals surface area (Å²) in [5.74, 6) is 0.135. The van der Waals surface area contributed by atoms with Gasteiger partial charge in [-0.05, 0) is 43.0 Å². The largest absolute Gasteiger partial charge is 0.481 e. The SMILES string of the molecule is CC(C)N(CCC(=O)O)C(=O)C1SCCc2sccc21. The van der Waals surface area contributed by atoms with Gasteiger partial charge in [0.05, 0.1) is 6.42 Å². The highest BCUT2D eigenvalue weighted by atomic mass is 32.2. The van der Waals surface area contributed by atoms with Crippen molar-refractivity contribution < 1.29 is 14.7 Å². The fraction of sp³-hybridized carbons (Fsp3) is 0.571. The zero-order valence-corrected chi connectivity index (χ0v) is 13.3. The van der Waals surface area contributed by atoms with E-state index in [-0.39, 0.29) is 30.2 Å². The Morgan fingerprint density at radius 2 is 2.25 bits per heavy atom. The van der Waals surface area contributed by atoms with Crippen LogP contribution >= 0.6 is 23.1 Å². The second-order valence-electron chi connectivity index (χ2n) is 5.07. The molecular weight excluding hydrogens is 294 g/mol. The number of nitrogens with zero attached hydrogens (tertiary/aromatic N) is 1. The third-order valence-corrected chi connectivity index (χ3v) is 5.60. The third kappa shape index (κ3) is 3.35. The van der Waals surface area contributed by atoms with E-state index in [4.69, 9.17) is 5.11 Å². The Morgan fingerprint density at radius 1 is 1.50 bits per heavy atom. The summed E-state index contributed by atoms with van der Waals surface area (Å²) in [6.07, 6.45) is 1.02. The van der Waals surface area contributed by atoms with Crippen molar-refractivity contribution in [3.05, 3.63) is 21.9 Å². The number of aliphatic carboxylic acids is 1. The van der Waals surface area contributed by atoms with Gasteiger partial charge in [-0.15, -0.1) is 23.1 Å². The first-order chi connectivity index (χ1) is 9.50. The number of aryl methyl sites for hydroxylation is 1. The normalized spacial score (nSPS) is 17.9. The maximum Gasteiger partial charge on any atom is 0.305 e. The Bertz CT molecular complexity index is 498. The summed E-state index contributed by atoms with van der Waals surface area (Å²) < 4.78 is 0. The van der Waals surface area contributed by atoms with E-state index in [0.29, 0.717) is 0 Å². The molecule has 1 unspecified atom stereocenters. The molecule has 2 rings (SSSR count). The fourth-order valence-corrected chi connectivity index (χ4v) is 4.70. The minimum Gasteiger partial charge on any atom is -0.481 e. The molecule has 0 fully saturated rings. The quantitative estimate of drug-likeness (QED) is 0.908. The molecule has 6 heteroatoms. The molecule has 1 atom stereocenters. The first-order valence-electron chi connectivity index (χ1n) is 6.71. The first kappa shape index (κ1) is 15.4. The zero-order valence-electron chi connectivity index (χ0n) is 11.7. The van der Waals surface area contributed by atoms with Crippen LogP contribution in [0.4, 0.5) is 0 Å². The van der Waals surface area contributed by atoms with Gasteiger partial charge in [0.15, 0.2) is 0 Å². The van der Waals surface area contributed by atoms with Crippen molar-refractivity contribution >= 4 is 35.0 Å². The Morgan fingerprint density at radius 3 is 2.90 bits per heavy atom. The molecule has 0 bridgehead atoms. The van der Waals surface area contributed by atoms with Gasteiger partial charge in [-0.2, -0.15) is 0 Å². The summed E-state index contributed by atoms with van der Waals surface area (Å²) in [6, 6.07) is 2.05. The summed E-state index contributed by atoms with van der Waals surface area (Å²) in [6.45, 7) is 4.14. The molecule has 1 aliphatic heterocycles. The molecule has 0 saturated heterocycles. The minimum absolute atomic E-state index is 0.00218. The van der Waals surface area contributed by atoms with Crippen molar-refractivity contribution in [2.75, 3.05) is 12.3 Å². The Hall–Kier alpha value is -1.01. The number of carboxylic acid groups (broad SMARTS) is 1. The summed E-state index contributed by atoms with van der Waals surface area (Å²) in [4.78, 5) is 26.5. The highest BCUT2D eigenvalue weighted by Crippen LogP contribution is 2.40. The lowest BCUT2D eigenvalue weighted by atomic mass is 10.1. The number of rotatable bonds is 5. The molecule has 20 heavy (non-hydrogen) atoms. The average molecular weight is 313 g/mol. The predicted octanol–water partition coefficient (Wildman–Crippen LogP) is 2.79. The van der Waals surface area contributed by atoms with Crippen LogP contribution < -0.4 is 0 Å². The van der Waals surface area contributed by atoms with Crippen molar-refractivity contribution in [3.63, 3.8) is 0 Å². The van der Waals surface area contributed by atoms with Crippen LogP contribution in [0.25, 0.3) is 0 Å². The molecule has 1 N–H and O–H groups in total. The highest BCUT2D eigenvalue weighted by Gasteiger charge is 2.32. The van der Waals surface area contributed by atoms with E-state index in [1.807, 2.05) is 25.3 Å². The maximum absolute atomic E-state index is 12.7. The van der Waals surface area contributed by atoms with Crippen LogP contribution in [-0.4, -0.2) is 40.2 Å². The van der Waals surface area contributed by atoms with Crippen LogP contribution in [-0.2, 0) is 16.0 Å². The minimum atomic E-state index is -0.865. The van der Waals surface area contributed by atoms with Crippen LogP contribution in [0.3, 0.4) is 0 Å². The predicted molar refractivity (Wildman–Crippen MR) is 82.3 cm³/mol. The van der Waals surface area contributed by atoms with E-state index in [1.54, 1.807) is 28.0 Å². The molecule has 0 radical (unpaired) electrons. The third-order valence-electron chi connectivity index (χ3n) is 3.37. The number of carbonyl (C=O) groups excluding carboxylic acids is 1. The van der Waals surface area contributed by atoms with Gasteiger partial charge >= 0.3 is 5.97 Å². The molecule has 1 amide bonds. The fourth-order valence-electron chi connectivity index (χ4n) is 2.34. The summed E-state index contributed by atoms with van der Waals surface area (Å²) in [5.41, 5.74) is 1.12. The second kappa shape index (κ2) is 6.63. The Balaban J connectivity index is 2.14. The van der Waals surface area contributed by atoms with Crippen molar-refractivity contribution in [2.45, 2.75) is 38.0 Å². The highest BCUT2D eigenvalue weighted by molar-refractivity contribution is 8.00. The molecule has 0 aliphatic carbocycles. The van der Waals surface area contributed by atoms with E-state index in [1.165, 1.54) is 4.88 Å². The molecule has 1 aromatic rings. The van der Waals surface area contributed by atoms with E-state index >= 15 is 0 Å². The van der Waals surface area contributed by atoms with Gasteiger partial charge in [-0.1, -0.05) is 0 Å². The number of hydrogen-bond acceptors (Lipinski definition) is 4. The number of carbonyl (C=O) groups is 2. The number of thiophene rings is 1. The number of amides is 1. The van der Waals surface area contributed by atoms with E-state index < -0.39 is 5.97 Å². The van der Waals surface area contributed by atoms with Crippen LogP contribution in [0.2, 0.25) is 0 Å². The number of hydrogen-bond donors (Lipinski definition) is 1. The monoisotopic (exact) mass is 313 g/mol. The zero-order chi connectivity index (χ0) is 14.7. The van der Waals surface area contributed by atoms with Gasteiger partial charge < -0.3 is 10.0 Å². The lowest BCUT2D eigenvalue weighted by Crippen LogP contribution is -2.41. The number of thioether (sulfide) groups is 1. The molecule has 110 valence electrons. The molecule has 0 spiro atoms. The molecule has 1 aromatic heterocycles. The van der Waals surface area contributed by atoms with Crippen LogP contribution in [0.15, 0.2) is 11.4 Å². The Kier molecular flexibility index (Phi) is 5.10. The standard InChI is InChI=1S/C14H19NO3S2/c1-9(2)15(6-3-12(16)17)14(18)13-10-4-7-19-11(10)5-8-20-13/h4,7,9,13H,3,5-6,8H2,1-2H3,(H,16,17). The summed E-state index contributed by atoms with van der Waals surface area (Å²) in [5, 5.41) is 10.7. The van der Waals surface area contributed by atoms with Crippen molar-refractivity contribution in [3.8, 4) is 0 Å². The van der Waals surface area contributed by atoms with E-state index in [2.05, 4.69) is 0 Å². The molecule has 0 saturated carbocycles. The molecule has 1 aliphatic rings. The van der Waals surface area contributed by atoms with Crippen LogP contribution in [0, 0.1) is 0 Å². The summed E-state index contributed by atoms with van der Waals surface area (Å²) >= 11 is 3.37. The van der Waals surface area contributed by atoms with Gasteiger partial charge in [0.25, 0.3) is 0 Å². The van der Waals surface area contributed by atoms with Gasteiger partial charge in [-0.3, -0.25) is 9.59 Å². The maximum atomic E-state index is 12.7. The van der Waals surface area contributed by atoms with Gasteiger partial charge in [0.2, 0.25) is 5.91 Å². The number of fused-ring (bicyclic) bond motifs is 1. The van der Waals surface area contributed by atoms with Gasteiger partial charge in [0, 0.05) is 17.5 Å². The van der Waals surface area contributed by atoms with Crippen LogP contribution in [0.1, 0.15) is 36.0 Å². The number of carboxylic acids is 1. The van der Waals surface area contributed by atoms with Crippen molar-refractivity contribution in [1.82, 2.24) is 4.90 Å². The average Bonchev–Trinajstić information content (AvgIpc) is 2.85. The topological polar surface area (TPSA) is 57.6 Å². The molecule has 0 aromatic carbocycles. The van der Waals surface area contributed by atoms with E-state index in [0.717, 1.165) is 17.7 Å². The second-order valence-corrected chi connectivity index (χ2v) is 7.28. The lowest BCUT2D eigenvalue weighted by Gasteiger charge is -2.31. The molecule has 2 heterocycles. The lowest BCUT2D eigenvalue weighted by molar-refractivity contribution is -0.139. The summed E-state index contributed by atoms with van der Waals surface area (Å²) in [7, 11) is 0. The first-order valence-corrected chi connectivity index (χ1v) is 8.63. The Labute approximate surface area is 127 Å². The smallest absolute Gasteiger partial charge is 0.305 e. The van der Waals surface area contributed by atoms with Gasteiger partial charge in [0.1, 0.15) is 5.25 Å². The van der Waals surface area contributed by atoms with Crippen molar-refractivity contribution in [1.29, 1.82) is 0 Å². The van der Waals surface area contributed by atoms with Gasteiger partial charge in [-0.25, -0.2) is 0 Å². The molecular formula is C14H19NO3S2. The van der Waals surface area contributed by atoms with Crippen LogP contribution in [0.5, 0.6) is 0 Å². The van der Waals surface area contributed by atoms with Crippen molar-refractivity contribution in [2.24, 2.45) is 0 Å². The molecule has 4 nitrogen and oxygen atoms in total.